The molecule has 6 amide bonds. The summed E-state index contributed by atoms with van der Waals surface area (Å²) in [4.78, 5) is 61.1. The molecule has 1 N–H and O–H groups in total. The fourth-order valence-corrected chi connectivity index (χ4v) is 3.10. The molecule has 1 saturated carbocycles. The summed E-state index contributed by atoms with van der Waals surface area (Å²) >= 11 is 0. The Labute approximate surface area is 139 Å². The summed E-state index contributed by atoms with van der Waals surface area (Å²) in [5.41, 5.74) is 0. The van der Waals surface area contributed by atoms with E-state index in [1.165, 1.54) is 0 Å². The average molecular weight is 339 g/mol. The van der Waals surface area contributed by atoms with Crippen molar-refractivity contribution in [3.8, 4) is 0 Å². The van der Waals surface area contributed by atoms with Crippen LogP contribution in [-0.2, 0) is 19.1 Å². The van der Waals surface area contributed by atoms with E-state index in [-0.39, 0.29) is 18.6 Å². The largest absolute Gasteiger partial charge is 0.450 e. The summed E-state index contributed by atoms with van der Waals surface area (Å²) in [5, 5.41) is 1.89. The van der Waals surface area contributed by atoms with Gasteiger partial charge in [0.05, 0.1) is 6.61 Å². The number of ether oxygens (including phenoxy) is 1. The average Bonchev–Trinajstić information content (AvgIpc) is 2.72. The maximum Gasteiger partial charge on any atom is 0.413 e. The van der Waals surface area contributed by atoms with Crippen molar-refractivity contribution in [2.75, 3.05) is 13.2 Å². The van der Waals surface area contributed by atoms with Crippen LogP contribution in [0.2, 0.25) is 0 Å². The summed E-state index contributed by atoms with van der Waals surface area (Å²) < 4.78 is 4.55. The third kappa shape index (κ3) is 3.55. The summed E-state index contributed by atoms with van der Waals surface area (Å²) in [6.45, 7) is 2.89. The van der Waals surface area contributed by atoms with Gasteiger partial charge in [-0.15, -0.1) is 0 Å². The lowest BCUT2D eigenvalue weighted by atomic mass is 9.85. The molecule has 132 valence electrons. The van der Waals surface area contributed by atoms with Crippen molar-refractivity contribution >= 4 is 29.8 Å². The van der Waals surface area contributed by atoms with Gasteiger partial charge in [-0.25, -0.2) is 14.5 Å². The zero-order chi connectivity index (χ0) is 17.9. The number of alkyl carbamates (subject to hydrolysis) is 1. The molecule has 0 unspecified atom stereocenters. The molecule has 1 saturated heterocycles. The monoisotopic (exact) mass is 339 g/mol. The van der Waals surface area contributed by atoms with Crippen molar-refractivity contribution < 1.29 is 28.7 Å². The molecular formula is C15H21N3O6. The van der Waals surface area contributed by atoms with Gasteiger partial charge in [-0.05, 0) is 25.7 Å². The standard InChI is InChI=1S/C15H21N3O6/c1-3-24-14(22)16-11(19)8-17-12(20)13(21)18(15(17)23)10-7-5-4-6-9(10)2/h9-10H,3-8H2,1-2H3,(H,16,19,22)/t9-,10-/m0/s1. The molecule has 0 aromatic carbocycles. The molecule has 2 aliphatic rings. The maximum atomic E-state index is 12.4. The third-order valence-corrected chi connectivity index (χ3v) is 4.30. The molecule has 9 nitrogen and oxygen atoms in total. The number of imide groups is 3. The van der Waals surface area contributed by atoms with Crippen LogP contribution in [0.5, 0.6) is 0 Å². The number of rotatable bonds is 4. The van der Waals surface area contributed by atoms with Crippen molar-refractivity contribution in [3.63, 3.8) is 0 Å². The summed E-state index contributed by atoms with van der Waals surface area (Å²) in [6.07, 6.45) is 2.45. The van der Waals surface area contributed by atoms with Gasteiger partial charge >= 0.3 is 23.9 Å². The highest BCUT2D eigenvalue weighted by Gasteiger charge is 2.49. The predicted octanol–water partition coefficient (Wildman–Crippen LogP) is 0.629. The van der Waals surface area contributed by atoms with Gasteiger partial charge in [0.2, 0.25) is 5.91 Å². The molecule has 1 aliphatic heterocycles. The summed E-state index contributed by atoms with van der Waals surface area (Å²) in [6, 6.07) is -1.14. The molecule has 0 bridgehead atoms. The molecule has 24 heavy (non-hydrogen) atoms. The Morgan fingerprint density at radius 1 is 1.17 bits per heavy atom. The van der Waals surface area contributed by atoms with Crippen LogP contribution < -0.4 is 5.32 Å². The van der Waals surface area contributed by atoms with Gasteiger partial charge in [0.1, 0.15) is 6.54 Å². The Bertz CT molecular complexity index is 576. The van der Waals surface area contributed by atoms with Gasteiger partial charge in [-0.2, -0.15) is 0 Å². The van der Waals surface area contributed by atoms with E-state index in [1.54, 1.807) is 6.92 Å². The number of hydrogen-bond donors (Lipinski definition) is 1. The van der Waals surface area contributed by atoms with Crippen molar-refractivity contribution in [1.82, 2.24) is 15.1 Å². The first-order valence-electron chi connectivity index (χ1n) is 8.02. The summed E-state index contributed by atoms with van der Waals surface area (Å²) in [7, 11) is 0. The van der Waals surface area contributed by atoms with Crippen LogP contribution in [0.3, 0.4) is 0 Å². The van der Waals surface area contributed by atoms with Crippen LogP contribution in [0.15, 0.2) is 0 Å². The molecule has 1 heterocycles. The molecule has 0 aromatic rings. The van der Waals surface area contributed by atoms with Gasteiger partial charge in [0, 0.05) is 6.04 Å². The second-order valence-corrected chi connectivity index (χ2v) is 5.95. The highest BCUT2D eigenvalue weighted by molar-refractivity contribution is 6.45. The van der Waals surface area contributed by atoms with Gasteiger partial charge in [-0.1, -0.05) is 19.8 Å². The number of amides is 6. The number of hydrogen-bond acceptors (Lipinski definition) is 6. The minimum absolute atomic E-state index is 0.0759. The molecule has 9 heteroatoms. The number of nitrogens with zero attached hydrogens (tertiary/aromatic N) is 2. The smallest absolute Gasteiger partial charge is 0.413 e. The SMILES string of the molecule is CCOC(=O)NC(=O)CN1C(=O)C(=O)N([C@H]2CCCC[C@@H]2C)C1=O. The highest BCUT2D eigenvalue weighted by atomic mass is 16.5. The van der Waals surface area contributed by atoms with Crippen molar-refractivity contribution in [2.24, 2.45) is 5.92 Å². The Balaban J connectivity index is 2.05. The first-order chi connectivity index (χ1) is 11.4. The maximum absolute atomic E-state index is 12.4. The number of carbonyl (C=O) groups excluding carboxylic acids is 5. The first-order valence-corrected chi connectivity index (χ1v) is 8.02. The van der Waals surface area contributed by atoms with Crippen molar-refractivity contribution in [2.45, 2.75) is 45.6 Å². The van der Waals surface area contributed by atoms with Crippen LogP contribution in [-0.4, -0.2) is 58.8 Å². The van der Waals surface area contributed by atoms with Gasteiger partial charge in [0.15, 0.2) is 0 Å². The minimum Gasteiger partial charge on any atom is -0.450 e. The van der Waals surface area contributed by atoms with E-state index < -0.39 is 36.4 Å². The van der Waals surface area contributed by atoms with Crippen LogP contribution in [0.25, 0.3) is 0 Å². The van der Waals surface area contributed by atoms with Crippen LogP contribution in [0.4, 0.5) is 9.59 Å². The minimum atomic E-state index is -1.04. The lowest BCUT2D eigenvalue weighted by molar-refractivity contribution is -0.145. The van der Waals surface area contributed by atoms with Gasteiger partial charge < -0.3 is 4.74 Å². The zero-order valence-electron chi connectivity index (χ0n) is 13.7. The number of nitrogens with one attached hydrogen (secondary N) is 1. The normalized spacial score (nSPS) is 24.3. The topological polar surface area (TPSA) is 113 Å². The lowest BCUT2D eigenvalue weighted by Gasteiger charge is -2.34. The van der Waals surface area contributed by atoms with Crippen LogP contribution in [0, 0.1) is 5.92 Å². The zero-order valence-corrected chi connectivity index (χ0v) is 13.7. The van der Waals surface area contributed by atoms with E-state index in [0.29, 0.717) is 11.3 Å². The Hall–Kier alpha value is -2.45. The quantitative estimate of drug-likeness (QED) is 0.594. The van der Waals surface area contributed by atoms with E-state index in [4.69, 9.17) is 0 Å². The van der Waals surface area contributed by atoms with E-state index in [9.17, 15) is 24.0 Å². The highest BCUT2D eigenvalue weighted by Crippen LogP contribution is 2.31. The fourth-order valence-electron chi connectivity index (χ4n) is 3.10. The second kappa shape index (κ2) is 7.41. The molecule has 2 atom stereocenters. The van der Waals surface area contributed by atoms with Crippen molar-refractivity contribution in [1.29, 1.82) is 0 Å². The van der Waals surface area contributed by atoms with Crippen molar-refractivity contribution in [3.05, 3.63) is 0 Å². The second-order valence-electron chi connectivity index (χ2n) is 5.95. The van der Waals surface area contributed by atoms with Gasteiger partial charge in [0.25, 0.3) is 0 Å². The first kappa shape index (κ1) is 17.9. The fraction of sp³-hybridized carbons (Fsp3) is 0.667. The van der Waals surface area contributed by atoms with Crippen LogP contribution >= 0.6 is 0 Å². The predicted molar refractivity (Wildman–Crippen MR) is 80.5 cm³/mol. The molecule has 0 spiro atoms. The molecule has 1 aliphatic carbocycles. The Morgan fingerprint density at radius 3 is 2.46 bits per heavy atom. The summed E-state index contributed by atoms with van der Waals surface area (Å²) in [5.74, 6) is -2.74. The van der Waals surface area contributed by atoms with E-state index >= 15 is 0 Å². The molecular weight excluding hydrogens is 318 g/mol. The lowest BCUT2D eigenvalue weighted by Crippen LogP contribution is -2.47. The molecule has 0 radical (unpaired) electrons. The number of carbonyl (C=O) groups is 5. The molecule has 2 rings (SSSR count). The van der Waals surface area contributed by atoms with E-state index in [1.807, 2.05) is 12.2 Å². The van der Waals surface area contributed by atoms with Crippen LogP contribution in [0.1, 0.15) is 39.5 Å². The molecule has 0 aromatic heterocycles. The van der Waals surface area contributed by atoms with E-state index in [0.717, 1.165) is 24.2 Å². The Kier molecular flexibility index (Phi) is 5.53. The van der Waals surface area contributed by atoms with Gasteiger partial charge in [-0.3, -0.25) is 24.6 Å². The van der Waals surface area contributed by atoms with E-state index in [2.05, 4.69) is 4.74 Å². The Morgan fingerprint density at radius 2 is 1.83 bits per heavy atom. The third-order valence-electron chi connectivity index (χ3n) is 4.30. The molecule has 2 fully saturated rings. The number of urea groups is 1.